The molecule has 1 spiro atoms. The number of carbonyl (C=O) groups is 1. The van der Waals surface area contributed by atoms with E-state index in [4.69, 9.17) is 9.47 Å². The van der Waals surface area contributed by atoms with Crippen LogP contribution in [0, 0.1) is 12.8 Å². The fourth-order valence-electron chi connectivity index (χ4n) is 3.84. The zero-order valence-electron chi connectivity index (χ0n) is 14.1. The highest BCUT2D eigenvalue weighted by Gasteiger charge is 2.47. The van der Waals surface area contributed by atoms with Crippen LogP contribution in [0.5, 0.6) is 0 Å². The molecule has 0 aromatic carbocycles. The molecule has 0 unspecified atom stereocenters. The summed E-state index contributed by atoms with van der Waals surface area (Å²) in [4.78, 5) is 18.9. The molecule has 2 aliphatic rings. The highest BCUT2D eigenvalue weighted by Crippen LogP contribution is 2.41. The second kappa shape index (κ2) is 6.97. The van der Waals surface area contributed by atoms with Gasteiger partial charge in [0, 0.05) is 31.5 Å². The number of morpholine rings is 1. The van der Waals surface area contributed by atoms with Crippen LogP contribution >= 0.6 is 0 Å². The maximum atomic E-state index is 12.8. The summed E-state index contributed by atoms with van der Waals surface area (Å²) in [5.41, 5.74) is 1.45. The van der Waals surface area contributed by atoms with Crippen molar-refractivity contribution >= 4 is 5.91 Å². The van der Waals surface area contributed by atoms with Gasteiger partial charge >= 0.3 is 0 Å². The van der Waals surface area contributed by atoms with Crippen molar-refractivity contribution in [3.05, 3.63) is 29.6 Å². The minimum Gasteiger partial charge on any atom is -0.381 e. The Bertz CT molecular complexity index is 563. The smallest absolute Gasteiger partial charge is 0.255 e. The summed E-state index contributed by atoms with van der Waals surface area (Å²) >= 11 is 0. The molecule has 1 aliphatic heterocycles. The third-order valence-electron chi connectivity index (χ3n) is 5.04. The Morgan fingerprint density at radius 2 is 2.39 bits per heavy atom. The van der Waals surface area contributed by atoms with Gasteiger partial charge in [-0.3, -0.25) is 9.78 Å². The lowest BCUT2D eigenvalue weighted by atomic mass is 9.89. The quantitative estimate of drug-likeness (QED) is 0.855. The van der Waals surface area contributed by atoms with Crippen LogP contribution in [0.4, 0.5) is 0 Å². The molecular formula is C18H26N2O3. The number of aryl methyl sites for hydroxylation is 1. The van der Waals surface area contributed by atoms with E-state index in [0.29, 0.717) is 31.2 Å². The molecule has 2 fully saturated rings. The molecule has 1 aromatic heterocycles. The molecule has 0 N–H and O–H groups in total. The van der Waals surface area contributed by atoms with Crippen LogP contribution in [0.2, 0.25) is 0 Å². The number of hydrogen-bond donors (Lipinski definition) is 0. The summed E-state index contributed by atoms with van der Waals surface area (Å²) < 4.78 is 11.8. The van der Waals surface area contributed by atoms with Gasteiger partial charge in [-0.15, -0.1) is 0 Å². The van der Waals surface area contributed by atoms with E-state index in [1.54, 1.807) is 12.4 Å². The molecule has 0 radical (unpaired) electrons. The van der Waals surface area contributed by atoms with Gasteiger partial charge < -0.3 is 14.4 Å². The Kier molecular flexibility index (Phi) is 4.97. The first kappa shape index (κ1) is 16.4. The van der Waals surface area contributed by atoms with Crippen LogP contribution in [0.25, 0.3) is 0 Å². The molecule has 2 heterocycles. The van der Waals surface area contributed by atoms with Crippen molar-refractivity contribution in [3.8, 4) is 0 Å². The number of amides is 1. The number of aromatic nitrogens is 1. The second-order valence-electron chi connectivity index (χ2n) is 6.64. The summed E-state index contributed by atoms with van der Waals surface area (Å²) in [5, 5.41) is 0. The molecule has 0 bridgehead atoms. The summed E-state index contributed by atoms with van der Waals surface area (Å²) in [5.74, 6) is 0.444. The zero-order valence-corrected chi connectivity index (χ0v) is 14.1. The maximum Gasteiger partial charge on any atom is 0.255 e. The molecule has 5 heteroatoms. The van der Waals surface area contributed by atoms with E-state index in [-0.39, 0.29) is 11.5 Å². The maximum absolute atomic E-state index is 12.8. The molecule has 1 aliphatic carbocycles. The van der Waals surface area contributed by atoms with Gasteiger partial charge in [0.1, 0.15) is 0 Å². The molecule has 5 nitrogen and oxygen atoms in total. The Morgan fingerprint density at radius 3 is 3.17 bits per heavy atom. The first-order chi connectivity index (χ1) is 11.1. The predicted octanol–water partition coefficient (Wildman–Crippen LogP) is 2.44. The van der Waals surface area contributed by atoms with Gasteiger partial charge in [0.15, 0.2) is 0 Å². The number of hydrogen-bond acceptors (Lipinski definition) is 4. The van der Waals surface area contributed by atoms with Gasteiger partial charge in [-0.25, -0.2) is 0 Å². The number of pyridine rings is 1. The average molecular weight is 318 g/mol. The zero-order chi connectivity index (χ0) is 16.3. The molecule has 1 aromatic rings. The van der Waals surface area contributed by atoms with Crippen molar-refractivity contribution in [1.29, 1.82) is 0 Å². The van der Waals surface area contributed by atoms with Gasteiger partial charge in [0.25, 0.3) is 5.91 Å². The Balaban J connectivity index is 1.73. The van der Waals surface area contributed by atoms with E-state index in [1.807, 2.05) is 24.8 Å². The third-order valence-corrected chi connectivity index (χ3v) is 5.04. The predicted molar refractivity (Wildman–Crippen MR) is 87.4 cm³/mol. The monoisotopic (exact) mass is 318 g/mol. The molecule has 2 atom stereocenters. The SMILES string of the molecule is CCOC[C@H]1CCC[C@]12CN(C(=O)c1cncc(C)c1)CCO2. The van der Waals surface area contributed by atoms with Crippen LogP contribution in [0.1, 0.15) is 42.1 Å². The van der Waals surface area contributed by atoms with Crippen molar-refractivity contribution in [2.75, 3.05) is 32.9 Å². The average Bonchev–Trinajstić information content (AvgIpc) is 2.94. The minimum atomic E-state index is -0.222. The number of rotatable bonds is 4. The van der Waals surface area contributed by atoms with Gasteiger partial charge in [-0.2, -0.15) is 0 Å². The molecule has 23 heavy (non-hydrogen) atoms. The lowest BCUT2D eigenvalue weighted by Gasteiger charge is -2.44. The van der Waals surface area contributed by atoms with Crippen molar-refractivity contribution in [2.24, 2.45) is 5.92 Å². The highest BCUT2D eigenvalue weighted by atomic mass is 16.5. The van der Waals surface area contributed by atoms with E-state index in [9.17, 15) is 4.79 Å². The van der Waals surface area contributed by atoms with Crippen molar-refractivity contribution in [3.63, 3.8) is 0 Å². The molecule has 3 rings (SSSR count). The van der Waals surface area contributed by atoms with E-state index < -0.39 is 0 Å². The van der Waals surface area contributed by atoms with Crippen molar-refractivity contribution in [1.82, 2.24) is 9.88 Å². The Morgan fingerprint density at radius 1 is 1.52 bits per heavy atom. The topological polar surface area (TPSA) is 51.7 Å². The molecule has 1 saturated carbocycles. The minimum absolute atomic E-state index is 0.0611. The van der Waals surface area contributed by atoms with Crippen LogP contribution in [-0.2, 0) is 9.47 Å². The van der Waals surface area contributed by atoms with Gasteiger partial charge in [-0.05, 0) is 38.3 Å². The molecule has 1 amide bonds. The van der Waals surface area contributed by atoms with Crippen molar-refractivity contribution in [2.45, 2.75) is 38.7 Å². The van der Waals surface area contributed by atoms with Crippen LogP contribution in [0.15, 0.2) is 18.5 Å². The summed E-state index contributed by atoms with van der Waals surface area (Å²) in [7, 11) is 0. The first-order valence-corrected chi connectivity index (χ1v) is 8.57. The summed E-state index contributed by atoms with van der Waals surface area (Å²) in [6.45, 7) is 7.35. The normalized spacial score (nSPS) is 27.6. The van der Waals surface area contributed by atoms with Gasteiger partial charge in [0.05, 0.1) is 30.9 Å². The van der Waals surface area contributed by atoms with Gasteiger partial charge in [-0.1, -0.05) is 6.42 Å². The number of ether oxygens (including phenoxy) is 2. The summed E-state index contributed by atoms with van der Waals surface area (Å²) in [6.07, 6.45) is 6.71. The van der Waals surface area contributed by atoms with E-state index in [2.05, 4.69) is 4.98 Å². The lowest BCUT2D eigenvalue weighted by Crippen LogP contribution is -2.56. The largest absolute Gasteiger partial charge is 0.381 e. The van der Waals surface area contributed by atoms with Crippen LogP contribution < -0.4 is 0 Å². The molecule has 1 saturated heterocycles. The van der Waals surface area contributed by atoms with Crippen molar-refractivity contribution < 1.29 is 14.3 Å². The first-order valence-electron chi connectivity index (χ1n) is 8.57. The van der Waals surface area contributed by atoms with Gasteiger partial charge in [0.2, 0.25) is 0 Å². The Hall–Kier alpha value is -1.46. The highest BCUT2D eigenvalue weighted by molar-refractivity contribution is 5.94. The Labute approximate surface area is 138 Å². The fourth-order valence-corrected chi connectivity index (χ4v) is 3.84. The van der Waals surface area contributed by atoms with E-state index in [0.717, 1.165) is 38.0 Å². The second-order valence-corrected chi connectivity index (χ2v) is 6.64. The number of carbonyl (C=O) groups excluding carboxylic acids is 1. The third kappa shape index (κ3) is 3.40. The lowest BCUT2D eigenvalue weighted by molar-refractivity contribution is -0.132. The standard InChI is InChI=1S/C18H26N2O3/c1-3-22-12-16-5-4-6-18(16)13-20(7-8-23-18)17(21)15-9-14(2)10-19-11-15/h9-11,16H,3-8,12-13H2,1-2H3/t16-,18+/m1/s1. The molecule has 126 valence electrons. The summed E-state index contributed by atoms with van der Waals surface area (Å²) in [6, 6.07) is 1.91. The fraction of sp³-hybridized carbons (Fsp3) is 0.667. The molecular weight excluding hydrogens is 292 g/mol. The van der Waals surface area contributed by atoms with E-state index in [1.165, 1.54) is 0 Å². The number of nitrogens with zero attached hydrogens (tertiary/aromatic N) is 2. The van der Waals surface area contributed by atoms with E-state index >= 15 is 0 Å². The van der Waals surface area contributed by atoms with Crippen LogP contribution in [-0.4, -0.2) is 54.3 Å². The van der Waals surface area contributed by atoms with Crippen LogP contribution in [0.3, 0.4) is 0 Å².